The zero-order valence-electron chi connectivity index (χ0n) is 18.1. The van der Waals surface area contributed by atoms with Crippen LogP contribution in [0.5, 0.6) is 5.88 Å². The van der Waals surface area contributed by atoms with Crippen LogP contribution in [0.3, 0.4) is 0 Å². The van der Waals surface area contributed by atoms with Crippen molar-refractivity contribution in [3.8, 4) is 5.88 Å². The predicted molar refractivity (Wildman–Crippen MR) is 116 cm³/mol. The van der Waals surface area contributed by atoms with Gasteiger partial charge in [0.2, 0.25) is 5.88 Å². The number of carbonyl (C=O) groups excluding carboxylic acids is 2. The number of nitrogens with one attached hydrogen (secondary N) is 2. The lowest BCUT2D eigenvalue weighted by Gasteiger charge is -2.33. The highest BCUT2D eigenvalue weighted by molar-refractivity contribution is 6.03. The van der Waals surface area contributed by atoms with E-state index < -0.39 is 18.7 Å². The van der Waals surface area contributed by atoms with Crippen LogP contribution >= 0.6 is 0 Å². The molecule has 0 aliphatic carbocycles. The van der Waals surface area contributed by atoms with Crippen molar-refractivity contribution in [2.75, 3.05) is 23.8 Å². The summed E-state index contributed by atoms with van der Waals surface area (Å²) in [5.74, 6) is -0.266. The van der Waals surface area contributed by atoms with Gasteiger partial charge in [-0.3, -0.25) is 4.90 Å². The van der Waals surface area contributed by atoms with Gasteiger partial charge < -0.3 is 20.2 Å². The summed E-state index contributed by atoms with van der Waals surface area (Å²) in [5, 5.41) is 5.63. The van der Waals surface area contributed by atoms with Crippen LogP contribution in [0.25, 0.3) is 0 Å². The van der Waals surface area contributed by atoms with Crippen LogP contribution in [0, 0.1) is 6.92 Å². The molecule has 0 bridgehead atoms. The Hall–Kier alpha value is -3.07. The van der Waals surface area contributed by atoms with E-state index in [0.29, 0.717) is 17.9 Å². The lowest BCUT2D eigenvalue weighted by Crippen LogP contribution is -2.48. The van der Waals surface area contributed by atoms with Crippen molar-refractivity contribution >= 4 is 23.7 Å². The van der Waals surface area contributed by atoms with Gasteiger partial charge in [-0.25, -0.2) is 9.78 Å². The number of ether oxygens (including phenoxy) is 1. The predicted octanol–water partition coefficient (Wildman–Crippen LogP) is 4.33. The zero-order chi connectivity index (χ0) is 23.0. The number of aromatic nitrogens is 1. The number of urea groups is 1. The van der Waals surface area contributed by atoms with Crippen molar-refractivity contribution in [1.29, 1.82) is 0 Å². The van der Waals surface area contributed by atoms with Crippen LogP contribution in [0.2, 0.25) is 0 Å². The molecule has 1 aromatic carbocycles. The molecule has 0 saturated heterocycles. The van der Waals surface area contributed by atoms with Crippen molar-refractivity contribution < 1.29 is 23.1 Å². The van der Waals surface area contributed by atoms with Crippen LogP contribution in [-0.2, 0) is 4.79 Å². The molecule has 2 N–H and O–H groups in total. The summed E-state index contributed by atoms with van der Waals surface area (Å²) in [7, 11) is 1.72. The number of amides is 2. The van der Waals surface area contributed by atoms with Gasteiger partial charge in [-0.05, 0) is 43.7 Å². The van der Waals surface area contributed by atoms with E-state index in [0.717, 1.165) is 11.8 Å². The third-order valence-corrected chi connectivity index (χ3v) is 4.65. The molecule has 1 heterocycles. The number of aryl methyl sites for hydroxylation is 1. The first-order valence-electron chi connectivity index (χ1n) is 9.98. The number of rotatable bonds is 10. The summed E-state index contributed by atoms with van der Waals surface area (Å²) in [4.78, 5) is 30.2. The molecule has 7 nitrogen and oxygen atoms in total. The molecule has 0 aliphatic rings. The van der Waals surface area contributed by atoms with E-state index in [9.17, 15) is 18.4 Å². The number of nitrogens with zero attached hydrogens (tertiary/aromatic N) is 2. The Kier molecular flexibility index (Phi) is 8.87. The number of anilines is 2. The Balaban J connectivity index is 2.50. The quantitative estimate of drug-likeness (QED) is 0.544. The van der Waals surface area contributed by atoms with Crippen molar-refractivity contribution in [2.45, 2.75) is 45.8 Å². The Morgan fingerprint density at radius 2 is 1.94 bits per heavy atom. The highest BCUT2D eigenvalue weighted by Gasteiger charge is 2.28. The third-order valence-electron chi connectivity index (χ3n) is 4.65. The number of hydrogen-bond donors (Lipinski definition) is 2. The molecule has 1 atom stereocenters. The Labute approximate surface area is 180 Å². The molecule has 2 aromatic rings. The maximum Gasteiger partial charge on any atom is 0.388 e. The number of halogens is 2. The first-order valence-corrected chi connectivity index (χ1v) is 9.98. The summed E-state index contributed by atoms with van der Waals surface area (Å²) >= 11 is 0. The smallest absolute Gasteiger partial charge is 0.388 e. The fourth-order valence-electron chi connectivity index (χ4n) is 3.27. The molecule has 168 valence electrons. The van der Waals surface area contributed by atoms with Crippen molar-refractivity contribution in [3.63, 3.8) is 0 Å². The molecule has 2 amide bonds. The normalized spacial score (nSPS) is 12.0. The summed E-state index contributed by atoms with van der Waals surface area (Å²) in [6, 6.07) is 9.34. The lowest BCUT2D eigenvalue weighted by atomic mass is 9.99. The summed E-state index contributed by atoms with van der Waals surface area (Å²) in [6.07, 6.45) is 0.840. The number of para-hydroxylation sites is 1. The number of carbonyl (C=O) groups is 2. The van der Waals surface area contributed by atoms with E-state index in [4.69, 9.17) is 0 Å². The molecule has 2 rings (SSSR count). The van der Waals surface area contributed by atoms with E-state index in [1.807, 2.05) is 26.0 Å². The molecule has 1 unspecified atom stereocenters. The van der Waals surface area contributed by atoms with Gasteiger partial charge in [0.25, 0.3) is 0 Å². The second-order valence-corrected chi connectivity index (χ2v) is 7.31. The van der Waals surface area contributed by atoms with Crippen LogP contribution in [0.15, 0.2) is 36.4 Å². The maximum atomic E-state index is 13.4. The fraction of sp³-hybridized carbons (Fsp3) is 0.409. The standard InChI is InChI=1S/C22H28F2N4O3/c1-14(2)17-7-5-6-8-19(17)28(16(11-12-29)13-25-4)22(30)27-18-10-9-15(3)26-20(18)31-21(23)24/h5-10,12,14,16,21,25H,11,13H2,1-4H3,(H,27,30). The Bertz CT molecular complexity index is 893. The van der Waals surface area contributed by atoms with Gasteiger partial charge in [-0.2, -0.15) is 8.78 Å². The minimum atomic E-state index is -3.09. The molecule has 0 radical (unpaired) electrons. The van der Waals surface area contributed by atoms with E-state index >= 15 is 0 Å². The van der Waals surface area contributed by atoms with E-state index in [1.54, 1.807) is 32.2 Å². The topological polar surface area (TPSA) is 83.6 Å². The molecular weight excluding hydrogens is 406 g/mol. The molecule has 31 heavy (non-hydrogen) atoms. The molecule has 0 aliphatic heterocycles. The van der Waals surface area contributed by atoms with Crippen LogP contribution < -0.4 is 20.3 Å². The average molecular weight is 434 g/mol. The van der Waals surface area contributed by atoms with Crippen molar-refractivity contribution in [1.82, 2.24) is 10.3 Å². The van der Waals surface area contributed by atoms with E-state index in [1.165, 1.54) is 11.0 Å². The number of benzene rings is 1. The van der Waals surface area contributed by atoms with Crippen LogP contribution in [-0.4, -0.2) is 43.5 Å². The first kappa shape index (κ1) is 24.2. The number of likely N-dealkylation sites (N-methyl/N-ethyl adjacent to an activating group) is 1. The number of aldehydes is 1. The minimum absolute atomic E-state index is 0.0113. The Morgan fingerprint density at radius 1 is 1.23 bits per heavy atom. The number of alkyl halides is 2. The molecule has 9 heteroatoms. The van der Waals surface area contributed by atoms with Gasteiger partial charge in [0, 0.05) is 24.3 Å². The van der Waals surface area contributed by atoms with Crippen molar-refractivity contribution in [3.05, 3.63) is 47.7 Å². The largest absolute Gasteiger partial charge is 0.415 e. The molecule has 1 aromatic heterocycles. The van der Waals surface area contributed by atoms with E-state index in [-0.39, 0.29) is 23.9 Å². The Morgan fingerprint density at radius 3 is 2.55 bits per heavy atom. The van der Waals surface area contributed by atoms with E-state index in [2.05, 4.69) is 20.4 Å². The van der Waals surface area contributed by atoms with Gasteiger partial charge in [-0.15, -0.1) is 0 Å². The van der Waals surface area contributed by atoms with Gasteiger partial charge in [-0.1, -0.05) is 32.0 Å². The summed E-state index contributed by atoms with van der Waals surface area (Å²) in [5.41, 5.74) is 2.02. The minimum Gasteiger partial charge on any atom is -0.415 e. The lowest BCUT2D eigenvalue weighted by molar-refractivity contribution is -0.108. The summed E-state index contributed by atoms with van der Waals surface area (Å²) < 4.78 is 30.1. The fourth-order valence-corrected chi connectivity index (χ4v) is 3.27. The van der Waals surface area contributed by atoms with Crippen LogP contribution in [0.1, 0.15) is 37.4 Å². The van der Waals surface area contributed by atoms with Crippen LogP contribution in [0.4, 0.5) is 25.0 Å². The molecule has 0 saturated carbocycles. The first-order chi connectivity index (χ1) is 14.8. The van der Waals surface area contributed by atoms with Gasteiger partial charge in [0.05, 0.1) is 6.04 Å². The second kappa shape index (κ2) is 11.4. The van der Waals surface area contributed by atoms with Gasteiger partial charge in [0.15, 0.2) is 0 Å². The summed E-state index contributed by atoms with van der Waals surface area (Å²) in [6.45, 7) is 2.89. The average Bonchev–Trinajstić information content (AvgIpc) is 2.70. The molecular formula is C22H28F2N4O3. The SMILES string of the molecule is CNCC(CC=O)N(C(=O)Nc1ccc(C)nc1OC(F)F)c1ccccc1C(C)C. The molecule has 0 spiro atoms. The highest BCUT2D eigenvalue weighted by Crippen LogP contribution is 2.31. The van der Waals surface area contributed by atoms with Gasteiger partial charge in [0.1, 0.15) is 12.0 Å². The highest BCUT2D eigenvalue weighted by atomic mass is 19.3. The number of pyridine rings is 1. The van der Waals surface area contributed by atoms with Crippen molar-refractivity contribution in [2.24, 2.45) is 0 Å². The third kappa shape index (κ3) is 6.45. The zero-order valence-corrected chi connectivity index (χ0v) is 18.1. The second-order valence-electron chi connectivity index (χ2n) is 7.31. The maximum absolute atomic E-state index is 13.4. The monoisotopic (exact) mass is 434 g/mol. The van der Waals surface area contributed by atoms with Gasteiger partial charge >= 0.3 is 12.6 Å². The molecule has 0 fully saturated rings. The number of hydrogen-bond acceptors (Lipinski definition) is 5.